The van der Waals surface area contributed by atoms with Crippen LogP contribution in [0.5, 0.6) is 5.75 Å². The molecule has 0 fully saturated rings. The summed E-state index contributed by atoms with van der Waals surface area (Å²) in [5, 5.41) is 16.0. The van der Waals surface area contributed by atoms with Crippen LogP contribution in [0.25, 0.3) is 10.1 Å². The van der Waals surface area contributed by atoms with Crippen molar-refractivity contribution < 1.29 is 14.3 Å². The number of nitrogens with one attached hydrogen (secondary N) is 2. The molecule has 1 amide bonds. The number of benzene rings is 2. The van der Waals surface area contributed by atoms with Gasteiger partial charge in [0.2, 0.25) is 0 Å². The second-order valence-corrected chi connectivity index (χ2v) is 10.1. The Kier molecular flexibility index (Phi) is 8.10. The van der Waals surface area contributed by atoms with Gasteiger partial charge in [-0.2, -0.15) is 5.10 Å². The minimum absolute atomic E-state index is 0.00278. The number of nitrogen functional groups attached to an aromatic ring is 1. The van der Waals surface area contributed by atoms with Gasteiger partial charge in [-0.1, -0.05) is 36.4 Å². The summed E-state index contributed by atoms with van der Waals surface area (Å²) >= 11 is 1.44. The summed E-state index contributed by atoms with van der Waals surface area (Å²) in [7, 11) is 4.02. The Morgan fingerprint density at radius 2 is 1.95 bits per heavy atom. The highest BCUT2D eigenvalue weighted by atomic mass is 32.1. The molecule has 0 saturated carbocycles. The van der Waals surface area contributed by atoms with Crippen LogP contribution >= 0.6 is 11.3 Å². The number of amides is 1. The van der Waals surface area contributed by atoms with E-state index in [9.17, 15) is 4.79 Å². The molecule has 1 atom stereocenters. The second kappa shape index (κ2) is 11.4. The number of fused-ring (bicyclic) bond motifs is 1. The molecule has 4 N–H and O–H groups in total. The lowest BCUT2D eigenvalue weighted by Gasteiger charge is -2.20. The number of aromatic nitrogens is 2. The van der Waals surface area contributed by atoms with Gasteiger partial charge in [-0.15, -0.1) is 11.3 Å². The summed E-state index contributed by atoms with van der Waals surface area (Å²) in [6, 6.07) is 17.2. The zero-order valence-corrected chi connectivity index (χ0v) is 22.3. The third-order valence-corrected chi connectivity index (χ3v) is 7.09. The predicted octanol–water partition coefficient (Wildman–Crippen LogP) is 4.93. The zero-order chi connectivity index (χ0) is 26.5. The maximum absolute atomic E-state index is 12.8. The summed E-state index contributed by atoms with van der Waals surface area (Å²) in [6.45, 7) is 5.36. The van der Waals surface area contributed by atoms with Crippen LogP contribution in [0.1, 0.15) is 27.9 Å². The van der Waals surface area contributed by atoms with Crippen molar-refractivity contribution in [1.82, 2.24) is 14.7 Å². The van der Waals surface area contributed by atoms with Gasteiger partial charge in [0, 0.05) is 16.6 Å². The SMILES string of the molecule is Cc1nn(CCN(C)C)c(C)c1NC(=O)OCC(Oc1cccc2sc(C(=N)N)cc12)c1ccccc1. The van der Waals surface area contributed by atoms with Crippen molar-refractivity contribution in [1.29, 1.82) is 5.41 Å². The van der Waals surface area contributed by atoms with Gasteiger partial charge in [-0.05, 0) is 51.7 Å². The van der Waals surface area contributed by atoms with E-state index in [0.29, 0.717) is 16.3 Å². The van der Waals surface area contributed by atoms with Gasteiger partial charge in [0.05, 0.1) is 28.5 Å². The summed E-state index contributed by atoms with van der Waals surface area (Å²) in [5.74, 6) is 0.648. The Morgan fingerprint density at radius 1 is 1.19 bits per heavy atom. The number of nitrogens with two attached hydrogens (primary N) is 1. The first-order valence-electron chi connectivity index (χ1n) is 11.9. The monoisotopic (exact) mass is 520 g/mol. The molecule has 1 unspecified atom stereocenters. The van der Waals surface area contributed by atoms with Crippen molar-refractivity contribution in [2.24, 2.45) is 5.73 Å². The third-order valence-electron chi connectivity index (χ3n) is 5.96. The zero-order valence-electron chi connectivity index (χ0n) is 21.4. The fourth-order valence-corrected chi connectivity index (χ4v) is 4.91. The minimum Gasteiger partial charge on any atom is -0.481 e. The normalized spacial score (nSPS) is 12.0. The molecule has 194 valence electrons. The highest BCUT2D eigenvalue weighted by molar-refractivity contribution is 7.20. The number of hydrogen-bond acceptors (Lipinski definition) is 7. The summed E-state index contributed by atoms with van der Waals surface area (Å²) < 4.78 is 14.9. The van der Waals surface area contributed by atoms with Gasteiger partial charge >= 0.3 is 6.09 Å². The molecule has 0 radical (unpaired) electrons. The van der Waals surface area contributed by atoms with Gasteiger partial charge in [-0.25, -0.2) is 4.79 Å². The first-order valence-corrected chi connectivity index (χ1v) is 12.8. The second-order valence-electron chi connectivity index (χ2n) is 9.01. The molecule has 0 aliphatic rings. The quantitative estimate of drug-likeness (QED) is 0.202. The number of carbonyl (C=O) groups is 1. The van der Waals surface area contributed by atoms with Crippen LogP contribution in [0.3, 0.4) is 0 Å². The molecule has 0 spiro atoms. The molecule has 9 nitrogen and oxygen atoms in total. The Balaban J connectivity index is 1.50. The summed E-state index contributed by atoms with van der Waals surface area (Å²) in [6.07, 6.45) is -1.11. The molecular formula is C27H32N6O3S. The van der Waals surface area contributed by atoms with Crippen LogP contribution in [-0.4, -0.2) is 53.9 Å². The van der Waals surface area contributed by atoms with E-state index >= 15 is 0 Å². The van der Waals surface area contributed by atoms with Crippen LogP contribution in [-0.2, 0) is 11.3 Å². The van der Waals surface area contributed by atoms with Gasteiger partial charge in [0.1, 0.15) is 18.2 Å². The lowest BCUT2D eigenvalue weighted by Crippen LogP contribution is -2.22. The van der Waals surface area contributed by atoms with Gasteiger partial charge < -0.3 is 20.1 Å². The number of nitrogens with zero attached hydrogens (tertiary/aromatic N) is 3. The number of anilines is 1. The van der Waals surface area contributed by atoms with Gasteiger partial charge in [0.15, 0.2) is 6.10 Å². The molecular weight excluding hydrogens is 488 g/mol. The Bertz CT molecular complexity index is 1400. The highest BCUT2D eigenvalue weighted by Gasteiger charge is 2.20. The van der Waals surface area contributed by atoms with E-state index in [-0.39, 0.29) is 12.4 Å². The van der Waals surface area contributed by atoms with E-state index in [1.54, 1.807) is 0 Å². The standard InChI is InChI=1S/C27H32N6O3S/c1-17-25(18(2)33(31-17)14-13-32(3)4)30-27(34)35-16-22(19-9-6-5-7-10-19)36-21-11-8-12-23-20(21)15-24(37-23)26(28)29/h5-12,15,22H,13-14,16H2,1-4H3,(H3,28,29)(H,30,34). The molecule has 2 aromatic heterocycles. The Labute approximate surface area is 220 Å². The first kappa shape index (κ1) is 26.2. The molecule has 4 aromatic rings. The lowest BCUT2D eigenvalue weighted by molar-refractivity contribution is 0.0910. The van der Waals surface area contributed by atoms with E-state index in [4.69, 9.17) is 20.6 Å². The number of hydrogen-bond donors (Lipinski definition) is 3. The highest BCUT2D eigenvalue weighted by Crippen LogP contribution is 2.35. The van der Waals surface area contributed by atoms with Crippen molar-refractivity contribution in [3.8, 4) is 5.75 Å². The maximum Gasteiger partial charge on any atom is 0.411 e. The Hall–Kier alpha value is -3.89. The molecule has 0 saturated heterocycles. The number of likely N-dealkylation sites (N-methyl/N-ethyl adjacent to an activating group) is 1. The van der Waals surface area contributed by atoms with Crippen LogP contribution < -0.4 is 15.8 Å². The van der Waals surface area contributed by atoms with Crippen molar-refractivity contribution in [3.05, 3.63) is 76.4 Å². The molecule has 10 heteroatoms. The van der Waals surface area contributed by atoms with E-state index in [1.165, 1.54) is 11.3 Å². The van der Waals surface area contributed by atoms with Crippen LogP contribution in [0.2, 0.25) is 0 Å². The van der Waals surface area contributed by atoms with E-state index in [2.05, 4.69) is 15.3 Å². The van der Waals surface area contributed by atoms with Crippen molar-refractivity contribution in [2.75, 3.05) is 32.6 Å². The largest absolute Gasteiger partial charge is 0.481 e. The van der Waals surface area contributed by atoms with Crippen LogP contribution in [0.15, 0.2) is 54.6 Å². The predicted molar refractivity (Wildman–Crippen MR) is 148 cm³/mol. The summed E-state index contributed by atoms with van der Waals surface area (Å²) in [4.78, 5) is 15.6. The number of ether oxygens (including phenoxy) is 2. The van der Waals surface area contributed by atoms with Crippen LogP contribution in [0.4, 0.5) is 10.5 Å². The maximum atomic E-state index is 12.8. The average molecular weight is 521 g/mol. The molecule has 2 heterocycles. The Morgan fingerprint density at radius 3 is 2.65 bits per heavy atom. The van der Waals surface area contributed by atoms with Crippen molar-refractivity contribution in [3.63, 3.8) is 0 Å². The number of thiophene rings is 1. The van der Waals surface area contributed by atoms with E-state index in [0.717, 1.165) is 40.1 Å². The smallest absolute Gasteiger partial charge is 0.411 e. The molecule has 0 bridgehead atoms. The fraction of sp³-hybridized carbons (Fsp3) is 0.296. The molecule has 0 aliphatic heterocycles. The number of amidine groups is 1. The lowest BCUT2D eigenvalue weighted by atomic mass is 10.1. The van der Waals surface area contributed by atoms with Gasteiger partial charge in [-0.3, -0.25) is 15.4 Å². The van der Waals surface area contributed by atoms with Crippen LogP contribution in [0, 0.1) is 19.3 Å². The molecule has 37 heavy (non-hydrogen) atoms. The van der Waals surface area contributed by atoms with Crippen molar-refractivity contribution in [2.45, 2.75) is 26.5 Å². The third kappa shape index (κ3) is 6.28. The number of aryl methyl sites for hydroxylation is 1. The molecule has 2 aromatic carbocycles. The van der Waals surface area contributed by atoms with Crippen molar-refractivity contribution >= 4 is 39.0 Å². The number of carbonyl (C=O) groups excluding carboxylic acids is 1. The fourth-order valence-electron chi connectivity index (χ4n) is 3.97. The van der Waals surface area contributed by atoms with E-state index < -0.39 is 12.2 Å². The van der Waals surface area contributed by atoms with E-state index in [1.807, 2.05) is 87.2 Å². The average Bonchev–Trinajstić information content (AvgIpc) is 3.43. The molecule has 4 rings (SSSR count). The minimum atomic E-state index is -0.574. The topological polar surface area (TPSA) is 118 Å². The van der Waals surface area contributed by atoms with Gasteiger partial charge in [0.25, 0.3) is 0 Å². The molecule has 0 aliphatic carbocycles. The number of rotatable bonds is 10. The summed E-state index contributed by atoms with van der Waals surface area (Å²) in [5.41, 5.74) is 8.83. The first-order chi connectivity index (χ1) is 17.7.